The maximum Gasteiger partial charge on any atom is 0.407 e. The molecule has 2 aliphatic heterocycles. The number of methoxy groups -OCH3 is 2. The van der Waals surface area contributed by atoms with Gasteiger partial charge in [-0.05, 0) is 62.1 Å². The van der Waals surface area contributed by atoms with Gasteiger partial charge in [-0.2, -0.15) is 0 Å². The number of fused-ring (bicyclic) bond motifs is 3. The highest BCUT2D eigenvalue weighted by Crippen LogP contribution is 2.36. The number of amides is 5. The van der Waals surface area contributed by atoms with Crippen LogP contribution in [-0.2, 0) is 30.4 Å². The number of anilines is 1. The van der Waals surface area contributed by atoms with Gasteiger partial charge in [0.05, 0.1) is 37.7 Å². The smallest absolute Gasteiger partial charge is 0.407 e. The zero-order chi connectivity index (χ0) is 41.0. The number of ether oxygens (including phenoxy) is 2. The number of unbranched alkanes of at least 4 members (excludes halogenated alkanes) is 1. The van der Waals surface area contributed by atoms with Crippen LogP contribution in [0.15, 0.2) is 42.6 Å². The number of hydrogen-bond acceptors (Lipinski definition) is 8. The van der Waals surface area contributed by atoms with Crippen molar-refractivity contribution in [1.29, 1.82) is 0 Å². The lowest BCUT2D eigenvalue weighted by atomic mass is 10.0. The van der Waals surface area contributed by atoms with Crippen molar-refractivity contribution in [3.05, 3.63) is 48.4 Å². The fourth-order valence-corrected chi connectivity index (χ4v) is 8.15. The zero-order valence-corrected chi connectivity index (χ0v) is 34.0. The number of likely N-dealkylation sites (tertiary alicyclic amines) is 2. The molecule has 2 aliphatic rings. The zero-order valence-electron chi connectivity index (χ0n) is 34.0. The number of aromatic amines is 1. The molecule has 0 aliphatic carbocycles. The molecule has 5 amide bonds. The number of aryl methyl sites for hydroxylation is 1. The predicted molar refractivity (Wildman–Crippen MR) is 217 cm³/mol. The first-order valence-electron chi connectivity index (χ1n) is 20.1. The Bertz CT molecular complexity index is 2120. The average molecular weight is 785 g/mol. The van der Waals surface area contributed by atoms with Crippen LogP contribution in [0.3, 0.4) is 0 Å². The fraction of sp³-hybridized carbons (Fsp3) is 0.524. The summed E-state index contributed by atoms with van der Waals surface area (Å²) in [6, 6.07) is 9.83. The molecular weight excluding hydrogens is 729 g/mol. The number of carbonyl (C=O) groups is 5. The highest BCUT2D eigenvalue weighted by Gasteiger charge is 2.40. The predicted octanol–water partition coefficient (Wildman–Crippen LogP) is 6.34. The van der Waals surface area contributed by atoms with Gasteiger partial charge < -0.3 is 44.8 Å². The molecule has 4 heterocycles. The summed E-state index contributed by atoms with van der Waals surface area (Å²) < 4.78 is 11.8. The van der Waals surface area contributed by atoms with Crippen LogP contribution in [0.5, 0.6) is 0 Å². The van der Waals surface area contributed by atoms with Gasteiger partial charge in [-0.15, -0.1) is 0 Å². The Morgan fingerprint density at radius 2 is 1.42 bits per heavy atom. The number of benzene rings is 2. The van der Waals surface area contributed by atoms with E-state index in [-0.39, 0.29) is 35.6 Å². The summed E-state index contributed by atoms with van der Waals surface area (Å²) >= 11 is 0. The summed E-state index contributed by atoms with van der Waals surface area (Å²) in [5.41, 5.74) is 4.45. The van der Waals surface area contributed by atoms with Crippen molar-refractivity contribution < 1.29 is 33.4 Å². The molecule has 2 fully saturated rings. The van der Waals surface area contributed by atoms with Crippen molar-refractivity contribution in [1.82, 2.24) is 35.0 Å². The topological polar surface area (TPSA) is 180 Å². The summed E-state index contributed by atoms with van der Waals surface area (Å²) in [6.45, 7) is 11.4. The molecule has 4 atom stereocenters. The van der Waals surface area contributed by atoms with E-state index in [2.05, 4.69) is 50.6 Å². The van der Waals surface area contributed by atoms with Crippen LogP contribution < -0.4 is 16.0 Å². The minimum absolute atomic E-state index is 0.127. The Balaban J connectivity index is 1.25. The molecular formula is C42H56N8O7. The molecule has 2 saturated heterocycles. The largest absolute Gasteiger partial charge is 0.453 e. The van der Waals surface area contributed by atoms with Crippen LogP contribution in [0.25, 0.3) is 33.1 Å². The number of hydrogen-bond donors (Lipinski definition) is 4. The second-order valence-electron chi connectivity index (χ2n) is 15.7. The molecule has 0 spiro atoms. The van der Waals surface area contributed by atoms with Gasteiger partial charge in [0.15, 0.2) is 0 Å². The van der Waals surface area contributed by atoms with Crippen molar-refractivity contribution in [3.63, 3.8) is 0 Å². The van der Waals surface area contributed by atoms with Gasteiger partial charge in [0, 0.05) is 47.2 Å². The fourth-order valence-electron chi connectivity index (χ4n) is 8.15. The SMILES string of the molecule is CCCCn1c2cc(NC(=O)[C@@H]3CCCN3C(=O)C(NC(=O)OC)C(C)C)ccc2c2ccc(-c3cnc([C@@H]4CCCN4C(=O)C(NC(=O)OC)C(C)C)[nH]3)cc21. The second kappa shape index (κ2) is 17.7. The van der Waals surface area contributed by atoms with E-state index in [1.165, 1.54) is 14.2 Å². The number of nitrogens with one attached hydrogen (secondary N) is 4. The minimum atomic E-state index is -0.810. The first-order chi connectivity index (χ1) is 27.4. The van der Waals surface area contributed by atoms with Crippen LogP contribution in [-0.4, -0.2) is 99.7 Å². The van der Waals surface area contributed by atoms with E-state index in [1.807, 2.05) is 52.1 Å². The minimum Gasteiger partial charge on any atom is -0.453 e. The molecule has 15 nitrogen and oxygen atoms in total. The molecule has 6 rings (SSSR count). The highest BCUT2D eigenvalue weighted by atomic mass is 16.5. The summed E-state index contributed by atoms with van der Waals surface area (Å²) in [4.78, 5) is 76.7. The summed E-state index contributed by atoms with van der Waals surface area (Å²) in [5, 5.41) is 10.6. The van der Waals surface area contributed by atoms with E-state index in [9.17, 15) is 24.0 Å². The molecule has 57 heavy (non-hydrogen) atoms. The van der Waals surface area contributed by atoms with E-state index >= 15 is 0 Å². The van der Waals surface area contributed by atoms with E-state index in [0.717, 1.165) is 65.3 Å². The Kier molecular flexibility index (Phi) is 12.7. The number of aromatic nitrogens is 3. The van der Waals surface area contributed by atoms with Crippen molar-refractivity contribution in [2.75, 3.05) is 32.6 Å². The lowest BCUT2D eigenvalue weighted by molar-refractivity contribution is -0.139. The molecule has 0 bridgehead atoms. The van der Waals surface area contributed by atoms with Crippen LogP contribution in [0.4, 0.5) is 15.3 Å². The number of nitrogens with zero attached hydrogens (tertiary/aromatic N) is 4. The van der Waals surface area contributed by atoms with Crippen LogP contribution >= 0.6 is 0 Å². The monoisotopic (exact) mass is 784 g/mol. The normalized spacial score (nSPS) is 18.0. The average Bonchev–Trinajstić information content (AvgIpc) is 4.03. The second-order valence-corrected chi connectivity index (χ2v) is 15.7. The molecule has 4 aromatic rings. The summed E-state index contributed by atoms with van der Waals surface area (Å²) in [6.07, 6.45) is 5.23. The molecule has 15 heteroatoms. The Hall–Kier alpha value is -5.60. The van der Waals surface area contributed by atoms with Crippen LogP contribution in [0.2, 0.25) is 0 Å². The van der Waals surface area contributed by atoms with Crippen molar-refractivity contribution in [2.24, 2.45) is 11.8 Å². The van der Waals surface area contributed by atoms with E-state index in [4.69, 9.17) is 14.5 Å². The summed E-state index contributed by atoms with van der Waals surface area (Å²) in [7, 11) is 2.54. The van der Waals surface area contributed by atoms with Gasteiger partial charge in [0.1, 0.15) is 23.9 Å². The van der Waals surface area contributed by atoms with Gasteiger partial charge in [-0.3, -0.25) is 14.4 Å². The van der Waals surface area contributed by atoms with Gasteiger partial charge in [0.2, 0.25) is 17.7 Å². The highest BCUT2D eigenvalue weighted by molar-refractivity contribution is 6.10. The van der Waals surface area contributed by atoms with E-state index in [0.29, 0.717) is 37.4 Å². The molecule has 306 valence electrons. The quantitative estimate of drug-likeness (QED) is 0.121. The lowest BCUT2D eigenvalue weighted by Crippen LogP contribution is -2.54. The third-order valence-electron chi connectivity index (χ3n) is 11.2. The van der Waals surface area contributed by atoms with E-state index < -0.39 is 30.3 Å². The van der Waals surface area contributed by atoms with Crippen LogP contribution in [0.1, 0.15) is 85.0 Å². The third-order valence-corrected chi connectivity index (χ3v) is 11.2. The molecule has 2 aromatic heterocycles. The number of imidazole rings is 1. The van der Waals surface area contributed by atoms with Crippen molar-refractivity contribution >= 4 is 57.4 Å². The van der Waals surface area contributed by atoms with Crippen LogP contribution in [0, 0.1) is 11.8 Å². The lowest BCUT2D eigenvalue weighted by Gasteiger charge is -2.30. The Morgan fingerprint density at radius 1 is 0.825 bits per heavy atom. The summed E-state index contributed by atoms with van der Waals surface area (Å²) in [5.74, 6) is -0.349. The number of alkyl carbamates (subject to hydrolysis) is 2. The van der Waals surface area contributed by atoms with Crippen molar-refractivity contribution in [3.8, 4) is 11.3 Å². The van der Waals surface area contributed by atoms with Gasteiger partial charge in [-0.1, -0.05) is 59.2 Å². The van der Waals surface area contributed by atoms with Gasteiger partial charge >= 0.3 is 12.2 Å². The van der Waals surface area contributed by atoms with Gasteiger partial charge in [-0.25, -0.2) is 14.6 Å². The van der Waals surface area contributed by atoms with E-state index in [1.54, 1.807) is 9.80 Å². The maximum atomic E-state index is 13.8. The maximum absolute atomic E-state index is 13.8. The Morgan fingerprint density at radius 3 is 2.05 bits per heavy atom. The molecule has 0 radical (unpaired) electrons. The standard InChI is InChI=1S/C42H56N8O7/c1-8-9-18-48-33-21-26(30-23-43-37(45-30)31-12-10-19-49(31)39(52)35(24(2)3)46-41(54)56-6)14-16-28(33)29-17-15-27(22-34(29)48)44-38(51)32-13-11-20-50(32)40(53)36(25(4)5)47-42(55)57-7/h14-17,21-25,31-32,35-36H,8-13,18-20H2,1-7H3,(H,43,45)(H,44,51)(H,46,54)(H,47,55)/t31-,32-,35?,36?/m0/s1. The molecule has 2 aromatic carbocycles. The first-order valence-corrected chi connectivity index (χ1v) is 20.1. The molecule has 0 saturated carbocycles. The van der Waals surface area contributed by atoms with Gasteiger partial charge in [0.25, 0.3) is 0 Å². The third kappa shape index (κ3) is 8.57. The Labute approximate surface area is 333 Å². The number of carbonyl (C=O) groups excluding carboxylic acids is 5. The number of rotatable bonds is 13. The molecule has 4 N–H and O–H groups in total. The first kappa shape index (κ1) is 41.0. The van der Waals surface area contributed by atoms with Crippen molar-refractivity contribution in [2.45, 2.75) is 104 Å². The number of H-pyrrole nitrogens is 1. The molecule has 2 unspecified atom stereocenters.